The van der Waals surface area contributed by atoms with Crippen molar-refractivity contribution in [2.75, 3.05) is 19.7 Å². The van der Waals surface area contributed by atoms with Gasteiger partial charge < -0.3 is 16.2 Å². The van der Waals surface area contributed by atoms with Crippen LogP contribution in [0, 0.1) is 0 Å². The van der Waals surface area contributed by atoms with Gasteiger partial charge in [0, 0.05) is 13.2 Å². The molecule has 4 N–H and O–H groups in total. The Morgan fingerprint density at radius 3 is 1.46 bits per heavy atom. The highest BCUT2D eigenvalue weighted by molar-refractivity contribution is 4.63. The van der Waals surface area contributed by atoms with Crippen LogP contribution in [-0.2, 0) is 4.74 Å². The lowest BCUT2D eigenvalue weighted by Crippen LogP contribution is -2.17. The molecule has 0 saturated carbocycles. The maximum atomic E-state index is 5.47. The zero-order valence-electron chi connectivity index (χ0n) is 16.6. The minimum atomic E-state index is 0.375. The third kappa shape index (κ3) is 18.2. The van der Waals surface area contributed by atoms with E-state index in [2.05, 4.69) is 6.92 Å². The topological polar surface area (TPSA) is 61.3 Å². The van der Waals surface area contributed by atoms with Gasteiger partial charge in [0.2, 0.25) is 0 Å². The molecule has 0 aliphatic carbocycles. The second-order valence-electron chi connectivity index (χ2n) is 7.26. The first-order valence-corrected chi connectivity index (χ1v) is 10.9. The third-order valence-electron chi connectivity index (χ3n) is 4.84. The van der Waals surface area contributed by atoms with E-state index in [0.717, 1.165) is 19.6 Å². The minimum Gasteiger partial charge on any atom is -0.377 e. The predicted molar refractivity (Wildman–Crippen MR) is 107 cm³/mol. The largest absolute Gasteiger partial charge is 0.377 e. The van der Waals surface area contributed by atoms with E-state index in [1.807, 2.05) is 0 Å². The van der Waals surface area contributed by atoms with Crippen LogP contribution in [0.4, 0.5) is 0 Å². The molecule has 0 aromatic heterocycles. The summed E-state index contributed by atoms with van der Waals surface area (Å²) < 4.78 is 5.18. The molecule has 1 fully saturated rings. The summed E-state index contributed by atoms with van der Waals surface area (Å²) in [5.41, 5.74) is 10.8. The van der Waals surface area contributed by atoms with Gasteiger partial charge in [0.05, 0.1) is 6.10 Å². The molecule has 1 atom stereocenters. The van der Waals surface area contributed by atoms with Crippen molar-refractivity contribution in [2.24, 2.45) is 11.5 Å². The normalized spacial score (nSPS) is 16.9. The Balaban J connectivity index is 0.000000620. The Labute approximate surface area is 152 Å². The molecule has 1 saturated heterocycles. The fraction of sp³-hybridized carbons (Fsp3) is 1.00. The van der Waals surface area contributed by atoms with Gasteiger partial charge in [0.15, 0.2) is 0 Å². The second kappa shape index (κ2) is 20.9. The average Bonchev–Trinajstić information content (AvgIpc) is 3.13. The highest BCUT2D eigenvalue weighted by Crippen LogP contribution is 2.12. The number of ether oxygens (including phenoxy) is 1. The molecule has 0 bridgehead atoms. The van der Waals surface area contributed by atoms with Gasteiger partial charge in [-0.15, -0.1) is 0 Å². The van der Waals surface area contributed by atoms with E-state index in [-0.39, 0.29) is 0 Å². The van der Waals surface area contributed by atoms with Crippen molar-refractivity contribution in [1.82, 2.24) is 0 Å². The maximum absolute atomic E-state index is 5.47. The highest BCUT2D eigenvalue weighted by Gasteiger charge is 2.11. The zero-order valence-corrected chi connectivity index (χ0v) is 16.6. The van der Waals surface area contributed by atoms with Crippen LogP contribution >= 0.6 is 0 Å². The molecule has 0 aromatic carbocycles. The smallest absolute Gasteiger partial charge is 0.0698 e. The van der Waals surface area contributed by atoms with E-state index >= 15 is 0 Å². The second-order valence-corrected chi connectivity index (χ2v) is 7.26. The zero-order chi connectivity index (χ0) is 17.7. The quantitative estimate of drug-likeness (QED) is 0.383. The molecular formula is C21H46N2O. The Hall–Kier alpha value is -0.120. The molecule has 0 radical (unpaired) electrons. The number of rotatable bonds is 15. The van der Waals surface area contributed by atoms with E-state index in [9.17, 15) is 0 Å². The Morgan fingerprint density at radius 2 is 1.17 bits per heavy atom. The van der Waals surface area contributed by atoms with Crippen LogP contribution in [0.1, 0.15) is 110 Å². The van der Waals surface area contributed by atoms with Crippen molar-refractivity contribution >= 4 is 0 Å². The first-order valence-electron chi connectivity index (χ1n) is 10.9. The molecule has 0 aromatic rings. The number of hydrogen-bond acceptors (Lipinski definition) is 3. The lowest BCUT2D eigenvalue weighted by Gasteiger charge is -2.02. The maximum Gasteiger partial charge on any atom is 0.0698 e. The van der Waals surface area contributed by atoms with Gasteiger partial charge in [0.1, 0.15) is 0 Å². The molecular weight excluding hydrogens is 296 g/mol. The fourth-order valence-electron chi connectivity index (χ4n) is 3.17. The summed E-state index contributed by atoms with van der Waals surface area (Å²) in [7, 11) is 0. The van der Waals surface area contributed by atoms with Gasteiger partial charge in [-0.3, -0.25) is 0 Å². The summed E-state index contributed by atoms with van der Waals surface area (Å²) in [4.78, 5) is 0. The average molecular weight is 343 g/mol. The van der Waals surface area contributed by atoms with Crippen molar-refractivity contribution in [3.63, 3.8) is 0 Å². The molecule has 0 spiro atoms. The van der Waals surface area contributed by atoms with Crippen molar-refractivity contribution in [1.29, 1.82) is 0 Å². The van der Waals surface area contributed by atoms with E-state index in [0.29, 0.717) is 12.6 Å². The fourth-order valence-corrected chi connectivity index (χ4v) is 3.17. The SMILES string of the molecule is CCCCCCCCCCCCCCCCN.NCC1CCCO1. The molecule has 1 rings (SSSR count). The van der Waals surface area contributed by atoms with Crippen LogP contribution in [0.3, 0.4) is 0 Å². The van der Waals surface area contributed by atoms with E-state index < -0.39 is 0 Å². The molecule has 0 amide bonds. The van der Waals surface area contributed by atoms with Gasteiger partial charge in [0.25, 0.3) is 0 Å². The minimum absolute atomic E-state index is 0.375. The van der Waals surface area contributed by atoms with Gasteiger partial charge in [-0.25, -0.2) is 0 Å². The van der Waals surface area contributed by atoms with Gasteiger partial charge in [-0.1, -0.05) is 90.4 Å². The lowest BCUT2D eigenvalue weighted by atomic mass is 10.0. The molecule has 1 aliphatic heterocycles. The summed E-state index contributed by atoms with van der Waals surface area (Å²) in [6.45, 7) is 4.77. The molecule has 1 aliphatic rings. The Morgan fingerprint density at radius 1 is 0.708 bits per heavy atom. The molecule has 3 heteroatoms. The lowest BCUT2D eigenvalue weighted by molar-refractivity contribution is 0.117. The van der Waals surface area contributed by atoms with Crippen LogP contribution in [0.5, 0.6) is 0 Å². The van der Waals surface area contributed by atoms with E-state index in [1.54, 1.807) is 0 Å². The van der Waals surface area contributed by atoms with Crippen LogP contribution in [0.2, 0.25) is 0 Å². The van der Waals surface area contributed by atoms with Crippen molar-refractivity contribution < 1.29 is 4.74 Å². The van der Waals surface area contributed by atoms with E-state index in [1.165, 1.54) is 96.3 Å². The monoisotopic (exact) mass is 342 g/mol. The summed E-state index contributed by atoms with van der Waals surface area (Å²) in [5.74, 6) is 0. The van der Waals surface area contributed by atoms with Crippen LogP contribution < -0.4 is 11.5 Å². The molecule has 1 unspecified atom stereocenters. The van der Waals surface area contributed by atoms with E-state index in [4.69, 9.17) is 16.2 Å². The van der Waals surface area contributed by atoms with Crippen molar-refractivity contribution in [3.05, 3.63) is 0 Å². The van der Waals surface area contributed by atoms with Gasteiger partial charge in [-0.2, -0.15) is 0 Å². The predicted octanol–water partition coefficient (Wildman–Crippen LogP) is 5.55. The summed E-state index contributed by atoms with van der Waals surface area (Å²) in [6.07, 6.45) is 22.6. The molecule has 24 heavy (non-hydrogen) atoms. The van der Waals surface area contributed by atoms with Crippen molar-refractivity contribution in [2.45, 2.75) is 116 Å². The highest BCUT2D eigenvalue weighted by atomic mass is 16.5. The summed E-state index contributed by atoms with van der Waals surface area (Å²) in [5, 5.41) is 0. The van der Waals surface area contributed by atoms with Crippen LogP contribution in [0.25, 0.3) is 0 Å². The molecule has 146 valence electrons. The third-order valence-corrected chi connectivity index (χ3v) is 4.84. The summed E-state index contributed by atoms with van der Waals surface area (Å²) in [6, 6.07) is 0. The van der Waals surface area contributed by atoms with Gasteiger partial charge in [-0.05, 0) is 25.8 Å². The first-order chi connectivity index (χ1) is 11.8. The Bertz CT molecular complexity index is 204. The first kappa shape index (κ1) is 23.9. The van der Waals surface area contributed by atoms with Gasteiger partial charge >= 0.3 is 0 Å². The Kier molecular flexibility index (Phi) is 20.8. The number of hydrogen-bond donors (Lipinski definition) is 2. The van der Waals surface area contributed by atoms with Crippen LogP contribution in [-0.4, -0.2) is 25.8 Å². The molecule has 1 heterocycles. The standard InChI is InChI=1S/C16H35N.C5H11NO/c1-2-3-4-5-6-7-8-9-10-11-12-13-14-15-16-17;6-4-5-2-1-3-7-5/h2-17H2,1H3;5H,1-4,6H2. The summed E-state index contributed by atoms with van der Waals surface area (Å²) >= 11 is 0. The number of nitrogens with two attached hydrogens (primary N) is 2. The van der Waals surface area contributed by atoms with Crippen molar-refractivity contribution in [3.8, 4) is 0 Å². The number of unbranched alkanes of at least 4 members (excludes halogenated alkanes) is 13. The molecule has 3 nitrogen and oxygen atoms in total. The van der Waals surface area contributed by atoms with Crippen LogP contribution in [0.15, 0.2) is 0 Å².